The van der Waals surface area contributed by atoms with Crippen molar-refractivity contribution in [2.45, 2.75) is 38.1 Å². The smallest absolute Gasteiger partial charge is 0.251 e. The van der Waals surface area contributed by atoms with Crippen LogP contribution in [0.25, 0.3) is 0 Å². The van der Waals surface area contributed by atoms with E-state index in [1.807, 2.05) is 6.07 Å². The van der Waals surface area contributed by atoms with Crippen LogP contribution >= 0.6 is 0 Å². The normalized spacial score (nSPS) is 16.8. The molecule has 2 rings (SSSR count). The monoisotopic (exact) mass is 303 g/mol. The Balaban J connectivity index is 1.77. The zero-order valence-corrected chi connectivity index (χ0v) is 12.9. The summed E-state index contributed by atoms with van der Waals surface area (Å²) >= 11 is 0. The van der Waals surface area contributed by atoms with Crippen molar-refractivity contribution in [2.24, 2.45) is 11.7 Å². The van der Waals surface area contributed by atoms with E-state index >= 15 is 0 Å². The third-order valence-corrected chi connectivity index (χ3v) is 4.26. The standard InChI is InChI=1S/C17H25N3O2/c18-11-15(13-7-3-1-4-8-13)20-16(21)12-19-17(22)14-9-5-2-6-10-14/h2,5-6,9-10,13,15H,1,3-4,7-8,11-12,18H2,(H,19,22)(H,20,21). The van der Waals surface area contributed by atoms with E-state index in [4.69, 9.17) is 5.73 Å². The number of benzene rings is 1. The summed E-state index contributed by atoms with van der Waals surface area (Å²) in [6.45, 7) is 0.431. The highest BCUT2D eigenvalue weighted by atomic mass is 16.2. The molecule has 0 aromatic heterocycles. The van der Waals surface area contributed by atoms with Gasteiger partial charge >= 0.3 is 0 Å². The lowest BCUT2D eigenvalue weighted by atomic mass is 9.84. The molecule has 0 aliphatic heterocycles. The average molecular weight is 303 g/mol. The summed E-state index contributed by atoms with van der Waals surface area (Å²) in [6.07, 6.45) is 5.94. The van der Waals surface area contributed by atoms with E-state index in [-0.39, 0.29) is 24.4 Å². The molecule has 1 aliphatic carbocycles. The Morgan fingerprint density at radius 1 is 1.14 bits per heavy atom. The Bertz CT molecular complexity index is 484. The maximum atomic E-state index is 12.0. The zero-order chi connectivity index (χ0) is 15.8. The van der Waals surface area contributed by atoms with E-state index in [1.54, 1.807) is 24.3 Å². The molecule has 1 aromatic rings. The van der Waals surface area contributed by atoms with Crippen LogP contribution in [0.15, 0.2) is 30.3 Å². The third kappa shape index (κ3) is 4.84. The molecular formula is C17H25N3O2. The molecular weight excluding hydrogens is 278 g/mol. The lowest BCUT2D eigenvalue weighted by Crippen LogP contribution is -2.49. The van der Waals surface area contributed by atoms with Crippen molar-refractivity contribution in [1.29, 1.82) is 0 Å². The number of rotatable bonds is 6. The Labute approximate surface area is 131 Å². The molecule has 22 heavy (non-hydrogen) atoms. The highest BCUT2D eigenvalue weighted by molar-refractivity contribution is 5.96. The van der Waals surface area contributed by atoms with Crippen LogP contribution in [0.2, 0.25) is 0 Å². The summed E-state index contributed by atoms with van der Waals surface area (Å²) in [7, 11) is 0. The third-order valence-electron chi connectivity index (χ3n) is 4.26. The van der Waals surface area contributed by atoms with E-state index in [1.165, 1.54) is 19.3 Å². The van der Waals surface area contributed by atoms with Gasteiger partial charge in [0.2, 0.25) is 5.91 Å². The van der Waals surface area contributed by atoms with Gasteiger partial charge in [0.15, 0.2) is 0 Å². The lowest BCUT2D eigenvalue weighted by Gasteiger charge is -2.30. The van der Waals surface area contributed by atoms with Crippen LogP contribution in [-0.2, 0) is 4.79 Å². The first kappa shape index (κ1) is 16.5. The van der Waals surface area contributed by atoms with Gasteiger partial charge in [-0.1, -0.05) is 37.5 Å². The molecule has 1 aromatic carbocycles. The number of amides is 2. The van der Waals surface area contributed by atoms with Crippen LogP contribution in [-0.4, -0.2) is 30.9 Å². The van der Waals surface area contributed by atoms with Crippen LogP contribution in [0.1, 0.15) is 42.5 Å². The van der Waals surface area contributed by atoms with Gasteiger partial charge in [-0.3, -0.25) is 9.59 Å². The van der Waals surface area contributed by atoms with Crippen molar-refractivity contribution in [3.8, 4) is 0 Å². The summed E-state index contributed by atoms with van der Waals surface area (Å²) in [5, 5.41) is 5.60. The minimum absolute atomic E-state index is 0.0152. The molecule has 1 aliphatic rings. The summed E-state index contributed by atoms with van der Waals surface area (Å²) in [6, 6.07) is 8.89. The van der Waals surface area contributed by atoms with Crippen molar-refractivity contribution in [3.05, 3.63) is 35.9 Å². The zero-order valence-electron chi connectivity index (χ0n) is 12.9. The predicted molar refractivity (Wildman–Crippen MR) is 86.3 cm³/mol. The maximum Gasteiger partial charge on any atom is 0.251 e. The quantitative estimate of drug-likeness (QED) is 0.743. The highest BCUT2D eigenvalue weighted by Crippen LogP contribution is 2.26. The van der Waals surface area contributed by atoms with Crippen molar-refractivity contribution in [1.82, 2.24) is 10.6 Å². The molecule has 0 spiro atoms. The van der Waals surface area contributed by atoms with Gasteiger partial charge in [0.25, 0.3) is 5.91 Å². The average Bonchev–Trinajstić information content (AvgIpc) is 2.59. The predicted octanol–water partition coefficient (Wildman–Crippen LogP) is 1.44. The molecule has 120 valence electrons. The fourth-order valence-corrected chi connectivity index (χ4v) is 3.02. The second-order valence-electron chi connectivity index (χ2n) is 5.86. The first-order chi connectivity index (χ1) is 10.7. The summed E-state index contributed by atoms with van der Waals surface area (Å²) < 4.78 is 0. The Kier molecular flexibility index (Phi) is 6.40. The van der Waals surface area contributed by atoms with E-state index in [0.29, 0.717) is 18.0 Å². The van der Waals surface area contributed by atoms with E-state index in [2.05, 4.69) is 10.6 Å². The van der Waals surface area contributed by atoms with Gasteiger partial charge in [-0.25, -0.2) is 0 Å². The summed E-state index contributed by atoms with van der Waals surface area (Å²) in [5.41, 5.74) is 6.35. The van der Waals surface area contributed by atoms with Gasteiger partial charge in [0, 0.05) is 18.2 Å². The minimum Gasteiger partial charge on any atom is -0.350 e. The molecule has 0 radical (unpaired) electrons. The van der Waals surface area contributed by atoms with Gasteiger partial charge < -0.3 is 16.4 Å². The maximum absolute atomic E-state index is 12.0. The van der Waals surface area contributed by atoms with Crippen LogP contribution < -0.4 is 16.4 Å². The van der Waals surface area contributed by atoms with Crippen molar-refractivity contribution in [2.75, 3.05) is 13.1 Å². The molecule has 0 saturated heterocycles. The first-order valence-corrected chi connectivity index (χ1v) is 8.03. The molecule has 1 fully saturated rings. The number of hydrogen-bond acceptors (Lipinski definition) is 3. The number of nitrogens with one attached hydrogen (secondary N) is 2. The summed E-state index contributed by atoms with van der Waals surface area (Å²) in [4.78, 5) is 23.9. The van der Waals surface area contributed by atoms with Crippen molar-refractivity contribution >= 4 is 11.8 Å². The second kappa shape index (κ2) is 8.54. The SMILES string of the molecule is NCC(NC(=O)CNC(=O)c1ccccc1)C1CCCCC1. The summed E-state index contributed by atoms with van der Waals surface area (Å²) in [5.74, 6) is 0.0514. The van der Waals surface area contributed by atoms with E-state index in [0.717, 1.165) is 12.8 Å². The highest BCUT2D eigenvalue weighted by Gasteiger charge is 2.23. The van der Waals surface area contributed by atoms with Crippen LogP contribution in [0.4, 0.5) is 0 Å². The van der Waals surface area contributed by atoms with Crippen molar-refractivity contribution in [3.63, 3.8) is 0 Å². The van der Waals surface area contributed by atoms with Crippen molar-refractivity contribution < 1.29 is 9.59 Å². The molecule has 0 bridgehead atoms. The van der Waals surface area contributed by atoms with Crippen LogP contribution in [0.3, 0.4) is 0 Å². The topological polar surface area (TPSA) is 84.2 Å². The lowest BCUT2D eigenvalue weighted by molar-refractivity contribution is -0.121. The Morgan fingerprint density at radius 2 is 1.82 bits per heavy atom. The fourth-order valence-electron chi connectivity index (χ4n) is 3.02. The minimum atomic E-state index is -0.238. The Morgan fingerprint density at radius 3 is 2.45 bits per heavy atom. The van der Waals surface area contributed by atoms with Gasteiger partial charge in [-0.15, -0.1) is 0 Å². The van der Waals surface area contributed by atoms with Gasteiger partial charge in [0.1, 0.15) is 0 Å². The Hall–Kier alpha value is -1.88. The first-order valence-electron chi connectivity index (χ1n) is 8.03. The molecule has 2 amide bonds. The number of nitrogens with two attached hydrogens (primary N) is 1. The van der Waals surface area contributed by atoms with Gasteiger partial charge in [-0.2, -0.15) is 0 Å². The number of carbonyl (C=O) groups is 2. The molecule has 5 nitrogen and oxygen atoms in total. The molecule has 1 saturated carbocycles. The van der Waals surface area contributed by atoms with E-state index in [9.17, 15) is 9.59 Å². The molecule has 1 atom stereocenters. The van der Waals surface area contributed by atoms with Gasteiger partial charge in [0.05, 0.1) is 6.54 Å². The van der Waals surface area contributed by atoms with E-state index < -0.39 is 0 Å². The van der Waals surface area contributed by atoms with Gasteiger partial charge in [-0.05, 0) is 30.9 Å². The van der Waals surface area contributed by atoms with Crippen LogP contribution in [0, 0.1) is 5.92 Å². The molecule has 1 unspecified atom stereocenters. The fraction of sp³-hybridized carbons (Fsp3) is 0.529. The molecule has 0 heterocycles. The largest absolute Gasteiger partial charge is 0.350 e. The number of hydrogen-bond donors (Lipinski definition) is 3. The number of carbonyl (C=O) groups excluding carboxylic acids is 2. The van der Waals surface area contributed by atoms with Crippen LogP contribution in [0.5, 0.6) is 0 Å². The molecule has 5 heteroatoms. The second-order valence-corrected chi connectivity index (χ2v) is 5.86. The molecule has 4 N–H and O–H groups in total.